The molecule has 1 aromatic rings. The van der Waals surface area contributed by atoms with Gasteiger partial charge in [0.25, 0.3) is 0 Å². The minimum Gasteiger partial charge on any atom is -0.337 e. The summed E-state index contributed by atoms with van der Waals surface area (Å²) in [6.07, 6.45) is 2.91. The SMILES string of the molecule is CCc1ccc(NC(=O)NC(C(=O)N2CCN(C(=O)C3CC3)C(C)C2)C(C)C)cc1. The molecule has 0 bridgehead atoms. The number of amides is 4. The molecule has 2 fully saturated rings. The number of nitrogens with zero attached hydrogens (tertiary/aromatic N) is 2. The van der Waals surface area contributed by atoms with Gasteiger partial charge in [0.1, 0.15) is 6.04 Å². The fourth-order valence-corrected chi connectivity index (χ4v) is 3.89. The highest BCUT2D eigenvalue weighted by molar-refractivity contribution is 5.94. The van der Waals surface area contributed by atoms with Gasteiger partial charge < -0.3 is 20.4 Å². The number of rotatable bonds is 6. The van der Waals surface area contributed by atoms with Crippen LogP contribution in [0.2, 0.25) is 0 Å². The summed E-state index contributed by atoms with van der Waals surface area (Å²) in [6.45, 7) is 9.49. The molecule has 1 heterocycles. The number of piperazine rings is 1. The van der Waals surface area contributed by atoms with Crippen LogP contribution in [0.15, 0.2) is 24.3 Å². The summed E-state index contributed by atoms with van der Waals surface area (Å²) in [6, 6.07) is 6.67. The molecule has 2 aliphatic rings. The maximum atomic E-state index is 13.2. The minimum atomic E-state index is -0.613. The largest absolute Gasteiger partial charge is 0.337 e. The zero-order chi connectivity index (χ0) is 21.8. The molecule has 4 amide bonds. The molecule has 2 N–H and O–H groups in total. The Balaban J connectivity index is 1.57. The highest BCUT2D eigenvalue weighted by Gasteiger charge is 2.39. The summed E-state index contributed by atoms with van der Waals surface area (Å²) >= 11 is 0. The van der Waals surface area contributed by atoms with E-state index in [4.69, 9.17) is 0 Å². The van der Waals surface area contributed by atoms with Crippen molar-refractivity contribution in [3.8, 4) is 0 Å². The molecule has 0 spiro atoms. The van der Waals surface area contributed by atoms with Gasteiger partial charge in [0, 0.05) is 37.3 Å². The molecular weight excluding hydrogens is 380 g/mol. The van der Waals surface area contributed by atoms with Crippen LogP contribution in [0.4, 0.5) is 10.5 Å². The van der Waals surface area contributed by atoms with E-state index in [0.29, 0.717) is 25.3 Å². The quantitative estimate of drug-likeness (QED) is 0.751. The van der Waals surface area contributed by atoms with Crippen LogP contribution in [-0.2, 0) is 16.0 Å². The number of nitrogens with one attached hydrogen (secondary N) is 2. The zero-order valence-corrected chi connectivity index (χ0v) is 18.5. The van der Waals surface area contributed by atoms with Crippen LogP contribution < -0.4 is 10.6 Å². The molecule has 0 aromatic heterocycles. The summed E-state index contributed by atoms with van der Waals surface area (Å²) < 4.78 is 0. The summed E-state index contributed by atoms with van der Waals surface area (Å²) in [5.74, 6) is 0.274. The summed E-state index contributed by atoms with van der Waals surface area (Å²) in [4.78, 5) is 41.8. The average molecular weight is 415 g/mol. The lowest BCUT2D eigenvalue weighted by Crippen LogP contribution is -2.60. The first-order valence-electron chi connectivity index (χ1n) is 11.1. The highest BCUT2D eigenvalue weighted by atomic mass is 16.2. The Labute approximate surface area is 179 Å². The van der Waals surface area contributed by atoms with Gasteiger partial charge in [-0.2, -0.15) is 0 Å². The molecular formula is C23H34N4O3. The summed E-state index contributed by atoms with van der Waals surface area (Å²) in [5, 5.41) is 5.66. The number of aryl methyl sites for hydroxylation is 1. The number of benzene rings is 1. The van der Waals surface area contributed by atoms with E-state index in [1.807, 2.05) is 49.9 Å². The zero-order valence-electron chi connectivity index (χ0n) is 18.5. The standard InChI is InChI=1S/C23H34N4O3/c1-5-17-6-10-19(11-7-17)24-23(30)25-20(15(2)3)22(29)26-12-13-27(16(4)14-26)21(28)18-8-9-18/h6-7,10-11,15-16,18,20H,5,8-9,12-14H2,1-4H3,(H2,24,25,30). The van der Waals surface area contributed by atoms with Crippen LogP contribution in [-0.4, -0.2) is 59.4 Å². The Bertz CT molecular complexity index is 773. The van der Waals surface area contributed by atoms with Crippen LogP contribution in [0.3, 0.4) is 0 Å². The van der Waals surface area contributed by atoms with Crippen molar-refractivity contribution in [1.82, 2.24) is 15.1 Å². The molecule has 7 heteroatoms. The van der Waals surface area contributed by atoms with Crippen molar-refractivity contribution in [3.63, 3.8) is 0 Å². The van der Waals surface area contributed by atoms with E-state index in [9.17, 15) is 14.4 Å². The van der Waals surface area contributed by atoms with Gasteiger partial charge in [-0.3, -0.25) is 9.59 Å². The van der Waals surface area contributed by atoms with E-state index in [0.717, 1.165) is 19.3 Å². The Morgan fingerprint density at radius 1 is 1.10 bits per heavy atom. The Morgan fingerprint density at radius 3 is 2.30 bits per heavy atom. The van der Waals surface area contributed by atoms with Crippen molar-refractivity contribution in [3.05, 3.63) is 29.8 Å². The van der Waals surface area contributed by atoms with Crippen LogP contribution in [0.25, 0.3) is 0 Å². The number of urea groups is 1. The van der Waals surface area contributed by atoms with Gasteiger partial charge in [0.05, 0.1) is 0 Å². The normalized spacial score (nSPS) is 20.1. The van der Waals surface area contributed by atoms with Crippen LogP contribution in [0, 0.1) is 11.8 Å². The summed E-state index contributed by atoms with van der Waals surface area (Å²) in [7, 11) is 0. The molecule has 1 aromatic carbocycles. The second-order valence-corrected chi connectivity index (χ2v) is 8.81. The molecule has 1 aliphatic heterocycles. The molecule has 2 unspecified atom stereocenters. The molecule has 7 nitrogen and oxygen atoms in total. The second kappa shape index (κ2) is 9.49. The smallest absolute Gasteiger partial charge is 0.319 e. The van der Waals surface area contributed by atoms with E-state index < -0.39 is 6.04 Å². The number of hydrogen-bond donors (Lipinski definition) is 2. The van der Waals surface area contributed by atoms with Gasteiger partial charge in [-0.25, -0.2) is 4.79 Å². The van der Waals surface area contributed by atoms with Crippen molar-refractivity contribution in [2.24, 2.45) is 11.8 Å². The third kappa shape index (κ3) is 5.32. The van der Waals surface area contributed by atoms with E-state index in [1.165, 1.54) is 5.56 Å². The fraction of sp³-hybridized carbons (Fsp3) is 0.609. The predicted molar refractivity (Wildman–Crippen MR) is 117 cm³/mol. The van der Waals surface area contributed by atoms with Gasteiger partial charge in [0.2, 0.25) is 11.8 Å². The minimum absolute atomic E-state index is 0.00508. The topological polar surface area (TPSA) is 81.8 Å². The lowest BCUT2D eigenvalue weighted by Gasteiger charge is -2.41. The third-order valence-electron chi connectivity index (χ3n) is 5.99. The van der Waals surface area contributed by atoms with Crippen LogP contribution >= 0.6 is 0 Å². The first kappa shape index (κ1) is 22.1. The van der Waals surface area contributed by atoms with Crippen molar-refractivity contribution in [2.75, 3.05) is 25.0 Å². The van der Waals surface area contributed by atoms with Gasteiger partial charge >= 0.3 is 6.03 Å². The van der Waals surface area contributed by atoms with Gasteiger partial charge in [0.15, 0.2) is 0 Å². The van der Waals surface area contributed by atoms with Gasteiger partial charge in [-0.05, 0) is 49.8 Å². The second-order valence-electron chi connectivity index (χ2n) is 8.81. The molecule has 30 heavy (non-hydrogen) atoms. The maximum Gasteiger partial charge on any atom is 0.319 e. The highest BCUT2D eigenvalue weighted by Crippen LogP contribution is 2.32. The van der Waals surface area contributed by atoms with Crippen molar-refractivity contribution in [1.29, 1.82) is 0 Å². The molecule has 3 rings (SSSR count). The summed E-state index contributed by atoms with van der Waals surface area (Å²) in [5.41, 5.74) is 1.89. The molecule has 164 valence electrons. The van der Waals surface area contributed by atoms with Crippen molar-refractivity contribution in [2.45, 2.75) is 59.0 Å². The number of carbonyl (C=O) groups is 3. The molecule has 1 saturated heterocycles. The lowest BCUT2D eigenvalue weighted by molar-refractivity contribution is -0.144. The Morgan fingerprint density at radius 2 is 1.77 bits per heavy atom. The Kier molecular flexibility index (Phi) is 7.00. The maximum absolute atomic E-state index is 13.2. The lowest BCUT2D eigenvalue weighted by atomic mass is 10.0. The van der Waals surface area contributed by atoms with Crippen molar-refractivity contribution < 1.29 is 14.4 Å². The Hall–Kier alpha value is -2.57. The molecule has 2 atom stereocenters. The molecule has 0 radical (unpaired) electrons. The van der Waals surface area contributed by atoms with E-state index in [1.54, 1.807) is 4.90 Å². The number of carbonyl (C=O) groups excluding carboxylic acids is 3. The van der Waals surface area contributed by atoms with Crippen LogP contribution in [0.1, 0.15) is 46.1 Å². The van der Waals surface area contributed by atoms with Gasteiger partial charge in [-0.1, -0.05) is 32.9 Å². The molecule has 1 aliphatic carbocycles. The predicted octanol–water partition coefficient (Wildman–Crippen LogP) is 2.86. The van der Waals surface area contributed by atoms with Crippen molar-refractivity contribution >= 4 is 23.5 Å². The number of hydrogen-bond acceptors (Lipinski definition) is 3. The number of anilines is 1. The van der Waals surface area contributed by atoms with E-state index in [2.05, 4.69) is 17.6 Å². The van der Waals surface area contributed by atoms with E-state index >= 15 is 0 Å². The van der Waals surface area contributed by atoms with Gasteiger partial charge in [-0.15, -0.1) is 0 Å². The van der Waals surface area contributed by atoms with E-state index in [-0.39, 0.29) is 35.7 Å². The first-order chi connectivity index (χ1) is 14.3. The monoisotopic (exact) mass is 414 g/mol. The average Bonchev–Trinajstić information content (AvgIpc) is 3.56. The third-order valence-corrected chi connectivity index (χ3v) is 5.99. The molecule has 1 saturated carbocycles. The first-order valence-corrected chi connectivity index (χ1v) is 11.1. The fourth-order valence-electron chi connectivity index (χ4n) is 3.89. The van der Waals surface area contributed by atoms with Crippen LogP contribution in [0.5, 0.6) is 0 Å².